The molecule has 0 aromatic heterocycles. The summed E-state index contributed by atoms with van der Waals surface area (Å²) >= 11 is 1.57. The second kappa shape index (κ2) is 21.5. The topological polar surface area (TPSA) is 259 Å². The molecule has 0 aliphatic carbocycles. The van der Waals surface area contributed by atoms with Crippen molar-refractivity contribution in [1.29, 1.82) is 0 Å². The van der Waals surface area contributed by atoms with Crippen molar-refractivity contribution in [3.63, 3.8) is 0 Å². The van der Waals surface area contributed by atoms with Crippen LogP contribution in [0.4, 0.5) is 0 Å². The molecule has 2 amide bonds. The number of thioether (sulfide) groups is 1. The summed E-state index contributed by atoms with van der Waals surface area (Å²) in [4.78, 5) is 98.1. The standard InChI is InChI=1S/C41H64N10O8S/c1-25(2)21-31(38(58)44-17-19-52)46-50-33(15-20-60-6)35(56)36(50)41(5)37(57)34-10-8-18-51(34,41)48-30(9-7-16-45-40(42)43)39(59)49(47-32(24-54)26(3)4)28(23-53)22-27-11-13-29(55)14-12-27/h11-14,19,23-26,28,30-34,36,46-48H,7-10,15-18,20-22H2,1-6H3,(H5-,42,43,44,45,55,58)/p+1/t28-,30-,31-,32-,33-,34-,36?,41?,51?/m0/s1. The van der Waals surface area contributed by atoms with Crippen molar-refractivity contribution >= 4 is 60.0 Å². The van der Waals surface area contributed by atoms with E-state index in [1.54, 1.807) is 49.7 Å². The fraction of sp³-hybridized carbons (Fsp3) is 0.659. The lowest BCUT2D eigenvalue weighted by molar-refractivity contribution is -1.03. The number of quaternary nitrogens is 1. The number of carbonyl (C=O) groups is 7. The lowest BCUT2D eigenvalue weighted by Crippen LogP contribution is -2.96. The van der Waals surface area contributed by atoms with Gasteiger partial charge in [-0.1, -0.05) is 39.8 Å². The van der Waals surface area contributed by atoms with Crippen LogP contribution < -0.4 is 33.1 Å². The number of benzene rings is 1. The van der Waals surface area contributed by atoms with Gasteiger partial charge < -0.3 is 36.3 Å². The Labute approximate surface area is 356 Å². The predicted molar refractivity (Wildman–Crippen MR) is 228 cm³/mol. The number of nitrogens with two attached hydrogens (primary N) is 2. The molecular weight excluding hydrogens is 793 g/mol. The van der Waals surface area contributed by atoms with Gasteiger partial charge in [0.25, 0.3) is 11.7 Å². The Kier molecular flexibility index (Phi) is 17.3. The van der Waals surface area contributed by atoms with Crippen molar-refractivity contribution in [2.45, 2.75) is 127 Å². The molecule has 0 saturated carbocycles. The maximum Gasteiger partial charge on any atom is 0.259 e. The van der Waals surface area contributed by atoms with Crippen LogP contribution in [0.15, 0.2) is 29.3 Å². The normalized spacial score (nSPS) is 25.6. The molecule has 3 heterocycles. The minimum Gasteiger partial charge on any atom is -0.508 e. The average molecular weight is 858 g/mol. The minimum atomic E-state index is -1.42. The van der Waals surface area contributed by atoms with Gasteiger partial charge in [0.15, 0.2) is 17.8 Å². The van der Waals surface area contributed by atoms with Crippen molar-refractivity contribution in [3.05, 3.63) is 29.8 Å². The number of aromatic hydroxyl groups is 1. The van der Waals surface area contributed by atoms with E-state index in [9.17, 15) is 33.9 Å². The van der Waals surface area contributed by atoms with Crippen molar-refractivity contribution in [2.24, 2.45) is 28.3 Å². The van der Waals surface area contributed by atoms with E-state index in [0.717, 1.165) is 0 Å². The van der Waals surface area contributed by atoms with Crippen LogP contribution in [0, 0.1) is 11.8 Å². The predicted octanol–water partition coefficient (Wildman–Crippen LogP) is -0.0843. The zero-order valence-electron chi connectivity index (χ0n) is 35.7. The van der Waals surface area contributed by atoms with Gasteiger partial charge in [0.2, 0.25) is 11.4 Å². The quantitative estimate of drug-likeness (QED) is 0.0161. The number of fused-ring (bicyclic) bond motifs is 1. The summed E-state index contributed by atoms with van der Waals surface area (Å²) in [6.07, 6.45) is 6.32. The van der Waals surface area contributed by atoms with E-state index in [-0.39, 0.29) is 65.6 Å². The zero-order chi connectivity index (χ0) is 44.4. The Hall–Kier alpha value is -4.27. The van der Waals surface area contributed by atoms with Gasteiger partial charge in [-0.05, 0) is 67.2 Å². The fourth-order valence-corrected chi connectivity index (χ4v) is 9.37. The average Bonchev–Trinajstić information content (AvgIpc) is 3.61. The molecule has 0 bridgehead atoms. The summed E-state index contributed by atoms with van der Waals surface area (Å²) in [5.41, 5.74) is 20.4. The number of guanidine groups is 1. The first kappa shape index (κ1) is 48.4. The molecule has 4 rings (SSSR count). The van der Waals surface area contributed by atoms with E-state index < -0.39 is 59.6 Å². The van der Waals surface area contributed by atoms with Gasteiger partial charge in [0.05, 0.1) is 25.2 Å². The van der Waals surface area contributed by atoms with Crippen molar-refractivity contribution in [2.75, 3.05) is 31.6 Å². The Bertz CT molecular complexity index is 1730. The van der Waals surface area contributed by atoms with Crippen LogP contribution in [-0.2, 0) is 40.0 Å². The third kappa shape index (κ3) is 10.4. The highest BCUT2D eigenvalue weighted by molar-refractivity contribution is 7.98. The number of rotatable bonds is 26. The van der Waals surface area contributed by atoms with E-state index in [1.807, 2.05) is 20.1 Å². The fourth-order valence-electron chi connectivity index (χ4n) is 8.91. The summed E-state index contributed by atoms with van der Waals surface area (Å²) < 4.78 is -0.0978. The van der Waals surface area contributed by atoms with Crippen LogP contribution in [0.2, 0.25) is 0 Å². The molecule has 3 unspecified atom stereocenters. The number of phenols is 1. The molecule has 3 aliphatic heterocycles. The molecule has 1 aromatic carbocycles. The number of ketones is 2. The van der Waals surface area contributed by atoms with Crippen molar-refractivity contribution < 1.29 is 43.3 Å². The third-order valence-electron chi connectivity index (χ3n) is 12.1. The molecule has 3 aliphatic rings. The Morgan fingerprint density at radius 1 is 1.10 bits per heavy atom. The molecule has 0 radical (unpaired) electrons. The molecule has 60 heavy (non-hydrogen) atoms. The Balaban J connectivity index is 1.79. The summed E-state index contributed by atoms with van der Waals surface area (Å²) in [7, 11) is 0. The molecule has 332 valence electrons. The van der Waals surface area contributed by atoms with E-state index in [2.05, 4.69) is 26.6 Å². The molecule has 9 atom stereocenters. The SMILES string of the molecule is CSCC[C@H]1C(=O)C(C2(C)C(=O)[C@@H]3CCC[N+]32N[C@@H](CCCN=C(N)N)C(=O)N(N[C@@H](C=O)C(C)C)[C@H](C=O)Cc2ccc(O)cc2)N1N[C@@H](CC(C)C)C(=O)NCC=O. The number of aliphatic imine (C=N–C) groups is 1. The first-order valence-electron chi connectivity index (χ1n) is 20.8. The molecule has 0 spiro atoms. The number of hydrogen-bond acceptors (Lipinski definition) is 14. The summed E-state index contributed by atoms with van der Waals surface area (Å²) in [6, 6.07) is 0.158. The molecule has 18 nitrogen and oxygen atoms in total. The number of amides is 2. The summed E-state index contributed by atoms with van der Waals surface area (Å²) in [5, 5.41) is 15.5. The molecule has 1 aromatic rings. The molecule has 3 fully saturated rings. The smallest absolute Gasteiger partial charge is 0.259 e. The lowest BCUT2D eigenvalue weighted by Gasteiger charge is -2.66. The van der Waals surface area contributed by atoms with E-state index in [4.69, 9.17) is 11.5 Å². The van der Waals surface area contributed by atoms with E-state index in [0.29, 0.717) is 68.8 Å². The van der Waals surface area contributed by atoms with Gasteiger partial charge in [-0.25, -0.2) is 20.5 Å². The Morgan fingerprint density at radius 2 is 1.80 bits per heavy atom. The zero-order valence-corrected chi connectivity index (χ0v) is 36.5. The highest BCUT2D eigenvalue weighted by Gasteiger charge is 2.81. The van der Waals surface area contributed by atoms with Crippen LogP contribution in [0.5, 0.6) is 5.75 Å². The van der Waals surface area contributed by atoms with Crippen LogP contribution in [0.25, 0.3) is 0 Å². The van der Waals surface area contributed by atoms with Gasteiger partial charge in [0.1, 0.15) is 48.8 Å². The number of nitrogens with one attached hydrogen (secondary N) is 4. The summed E-state index contributed by atoms with van der Waals surface area (Å²) in [6.45, 7) is 9.67. The number of carbonyl (C=O) groups excluding carboxylic acids is 7. The van der Waals surface area contributed by atoms with Gasteiger partial charge in [-0.3, -0.25) is 29.2 Å². The van der Waals surface area contributed by atoms with Gasteiger partial charge in [0, 0.05) is 32.7 Å². The van der Waals surface area contributed by atoms with Crippen molar-refractivity contribution in [3.8, 4) is 5.75 Å². The number of aldehydes is 3. The number of Topliss-reactive ketones (excluding diaryl/α,β-unsaturated/α-hetero) is 2. The summed E-state index contributed by atoms with van der Waals surface area (Å²) in [5.74, 6) is -0.931. The Morgan fingerprint density at radius 3 is 2.38 bits per heavy atom. The molecule has 3 saturated heterocycles. The first-order valence-corrected chi connectivity index (χ1v) is 22.2. The first-order chi connectivity index (χ1) is 28.5. The largest absolute Gasteiger partial charge is 0.508 e. The van der Waals surface area contributed by atoms with Crippen molar-refractivity contribution in [1.82, 2.24) is 31.6 Å². The van der Waals surface area contributed by atoms with Gasteiger partial charge >= 0.3 is 0 Å². The molecule has 19 heteroatoms. The van der Waals surface area contributed by atoms with Crippen LogP contribution in [-0.4, -0.2) is 147 Å². The van der Waals surface area contributed by atoms with E-state index in [1.165, 1.54) is 17.1 Å². The highest BCUT2D eigenvalue weighted by atomic mass is 32.2. The van der Waals surface area contributed by atoms with Gasteiger partial charge in [-0.2, -0.15) is 17.2 Å². The van der Waals surface area contributed by atoms with Crippen LogP contribution in [0.1, 0.15) is 78.7 Å². The van der Waals surface area contributed by atoms with Crippen LogP contribution >= 0.6 is 11.8 Å². The number of nitrogens with zero attached hydrogens (tertiary/aromatic N) is 4. The third-order valence-corrected chi connectivity index (χ3v) is 12.7. The maximum atomic E-state index is 15.1. The second-order valence-electron chi connectivity index (χ2n) is 16.9. The second-order valence-corrected chi connectivity index (χ2v) is 17.9. The number of hydrogen-bond donors (Lipinski definition) is 7. The molecule has 9 N–H and O–H groups in total. The monoisotopic (exact) mass is 857 g/mol. The maximum absolute atomic E-state index is 15.1. The minimum absolute atomic E-state index is 0.0328. The lowest BCUT2D eigenvalue weighted by atomic mass is 9.66. The van der Waals surface area contributed by atoms with Crippen LogP contribution in [0.3, 0.4) is 0 Å². The molecular formula is C41H65N10O8S+. The van der Waals surface area contributed by atoms with E-state index >= 15 is 4.79 Å². The number of hydrazine groups is 2. The van der Waals surface area contributed by atoms with Gasteiger partial charge in [-0.15, -0.1) is 0 Å². The highest BCUT2D eigenvalue weighted by Crippen LogP contribution is 2.52. The number of phenolic OH excluding ortho intramolecular Hbond substituents is 1.